The van der Waals surface area contributed by atoms with E-state index in [1.54, 1.807) is 0 Å². The summed E-state index contributed by atoms with van der Waals surface area (Å²) in [5.41, 5.74) is 2.52. The number of nitrogens with zero attached hydrogens (tertiary/aromatic N) is 1. The summed E-state index contributed by atoms with van der Waals surface area (Å²) in [5.74, 6) is 1.06. The molecule has 0 radical (unpaired) electrons. The molecule has 1 aromatic rings. The van der Waals surface area contributed by atoms with E-state index in [0.29, 0.717) is 0 Å². The third-order valence-corrected chi connectivity index (χ3v) is 3.65. The average molecular weight is 314 g/mol. The Morgan fingerprint density at radius 3 is 3.00 bits per heavy atom. The van der Waals surface area contributed by atoms with Gasteiger partial charge in [0.25, 0.3) is 0 Å². The Morgan fingerprint density at radius 1 is 1.50 bits per heavy atom. The third-order valence-electron chi connectivity index (χ3n) is 3.19. The molecule has 1 atom stereocenters. The van der Waals surface area contributed by atoms with E-state index in [0.717, 1.165) is 42.8 Å². The largest absolute Gasteiger partial charge is 0.493 e. The van der Waals surface area contributed by atoms with E-state index in [1.165, 1.54) is 11.1 Å². The summed E-state index contributed by atoms with van der Waals surface area (Å²) < 4.78 is 6.83. The van der Waals surface area contributed by atoms with E-state index in [4.69, 9.17) is 4.74 Å². The molecule has 0 aromatic heterocycles. The number of hydrogen-bond donors (Lipinski definition) is 1. The molecule has 3 nitrogen and oxygen atoms in total. The van der Waals surface area contributed by atoms with E-state index in [1.807, 2.05) is 6.92 Å². The van der Waals surface area contributed by atoms with Gasteiger partial charge in [-0.2, -0.15) is 0 Å². The van der Waals surface area contributed by atoms with Crippen molar-refractivity contribution in [2.75, 3.05) is 20.2 Å². The molecular weight excluding hydrogens is 294 g/mol. The summed E-state index contributed by atoms with van der Waals surface area (Å²) >= 11 is 3.55. The normalized spacial score (nSPS) is 15.6. The van der Waals surface area contributed by atoms with Crippen LogP contribution in [0.1, 0.15) is 24.5 Å². The Hall–Kier alpha value is -0.580. The minimum atomic E-state index is -0.239. The number of rotatable bonds is 5. The molecule has 18 heavy (non-hydrogen) atoms. The van der Waals surface area contributed by atoms with Crippen LogP contribution in [0.3, 0.4) is 0 Å². The SMILES string of the molecule is CC(O)CCN(C)Cc1cc(Br)cc2c1OCC2. The van der Waals surface area contributed by atoms with Crippen LogP contribution in [0, 0.1) is 0 Å². The Kier molecular flexibility index (Phi) is 4.65. The zero-order valence-electron chi connectivity index (χ0n) is 10.9. The van der Waals surface area contributed by atoms with Gasteiger partial charge < -0.3 is 14.7 Å². The van der Waals surface area contributed by atoms with E-state index in [-0.39, 0.29) is 6.10 Å². The van der Waals surface area contributed by atoms with Crippen LogP contribution in [-0.2, 0) is 13.0 Å². The van der Waals surface area contributed by atoms with Crippen LogP contribution >= 0.6 is 15.9 Å². The van der Waals surface area contributed by atoms with Crippen LogP contribution in [0.25, 0.3) is 0 Å². The molecule has 1 N–H and O–H groups in total. The van der Waals surface area contributed by atoms with Gasteiger partial charge in [0.15, 0.2) is 0 Å². The molecule has 0 spiro atoms. The summed E-state index contributed by atoms with van der Waals surface area (Å²) in [7, 11) is 2.07. The molecule has 1 heterocycles. The van der Waals surface area contributed by atoms with Crippen LogP contribution in [0.5, 0.6) is 5.75 Å². The molecule has 0 saturated carbocycles. The van der Waals surface area contributed by atoms with Gasteiger partial charge in [0, 0.05) is 29.5 Å². The number of aliphatic hydroxyl groups is 1. The van der Waals surface area contributed by atoms with Crippen molar-refractivity contribution < 1.29 is 9.84 Å². The second-order valence-corrected chi connectivity index (χ2v) is 5.94. The number of hydrogen-bond acceptors (Lipinski definition) is 3. The van der Waals surface area contributed by atoms with Crippen molar-refractivity contribution in [3.63, 3.8) is 0 Å². The maximum absolute atomic E-state index is 9.31. The topological polar surface area (TPSA) is 32.7 Å². The van der Waals surface area contributed by atoms with Gasteiger partial charge in [-0.05, 0) is 38.1 Å². The Labute approximate surface area is 117 Å². The van der Waals surface area contributed by atoms with Gasteiger partial charge in [0.2, 0.25) is 0 Å². The third kappa shape index (κ3) is 3.46. The van der Waals surface area contributed by atoms with E-state index in [9.17, 15) is 5.11 Å². The minimum absolute atomic E-state index is 0.239. The second-order valence-electron chi connectivity index (χ2n) is 5.03. The summed E-state index contributed by atoms with van der Waals surface area (Å²) in [6.07, 6.45) is 1.56. The zero-order chi connectivity index (χ0) is 13.1. The Balaban J connectivity index is 2.05. The first kappa shape index (κ1) is 13.8. The molecule has 0 amide bonds. The van der Waals surface area contributed by atoms with Crippen molar-refractivity contribution in [1.29, 1.82) is 0 Å². The Morgan fingerprint density at radius 2 is 2.28 bits per heavy atom. The molecule has 0 saturated heterocycles. The standard InChI is InChI=1S/C14H20BrNO2/c1-10(17)3-5-16(2)9-12-8-13(15)7-11-4-6-18-14(11)12/h7-8,10,17H,3-6,9H2,1-2H3. The number of ether oxygens (including phenoxy) is 1. The maximum Gasteiger partial charge on any atom is 0.127 e. The highest BCUT2D eigenvalue weighted by atomic mass is 79.9. The van der Waals surface area contributed by atoms with E-state index < -0.39 is 0 Å². The molecule has 2 rings (SSSR count). The summed E-state index contributed by atoms with van der Waals surface area (Å²) in [4.78, 5) is 2.22. The predicted molar refractivity (Wildman–Crippen MR) is 76.0 cm³/mol. The first-order valence-corrected chi connectivity index (χ1v) is 7.16. The first-order valence-electron chi connectivity index (χ1n) is 6.37. The van der Waals surface area contributed by atoms with Crippen LogP contribution in [0.4, 0.5) is 0 Å². The lowest BCUT2D eigenvalue weighted by Crippen LogP contribution is -2.22. The van der Waals surface area contributed by atoms with Crippen molar-refractivity contribution >= 4 is 15.9 Å². The van der Waals surface area contributed by atoms with Gasteiger partial charge in [-0.3, -0.25) is 0 Å². The monoisotopic (exact) mass is 313 g/mol. The van der Waals surface area contributed by atoms with Gasteiger partial charge in [-0.15, -0.1) is 0 Å². The second kappa shape index (κ2) is 6.04. The van der Waals surface area contributed by atoms with Gasteiger partial charge in [0.05, 0.1) is 12.7 Å². The molecule has 1 aliphatic heterocycles. The molecular formula is C14H20BrNO2. The van der Waals surface area contributed by atoms with E-state index >= 15 is 0 Å². The van der Waals surface area contributed by atoms with Crippen molar-refractivity contribution in [3.8, 4) is 5.75 Å². The van der Waals surface area contributed by atoms with Gasteiger partial charge in [-0.25, -0.2) is 0 Å². The van der Waals surface area contributed by atoms with E-state index in [2.05, 4.69) is 40.0 Å². The number of aliphatic hydroxyl groups excluding tert-OH is 1. The van der Waals surface area contributed by atoms with Crippen LogP contribution in [0.15, 0.2) is 16.6 Å². The molecule has 1 aliphatic rings. The molecule has 100 valence electrons. The molecule has 0 aliphatic carbocycles. The fourth-order valence-corrected chi connectivity index (χ4v) is 2.79. The highest BCUT2D eigenvalue weighted by molar-refractivity contribution is 9.10. The summed E-state index contributed by atoms with van der Waals surface area (Å²) in [5, 5.41) is 9.31. The Bertz CT molecular complexity index is 421. The quantitative estimate of drug-likeness (QED) is 0.907. The zero-order valence-corrected chi connectivity index (χ0v) is 12.5. The van der Waals surface area contributed by atoms with Gasteiger partial charge >= 0.3 is 0 Å². The van der Waals surface area contributed by atoms with Crippen molar-refractivity contribution in [2.45, 2.75) is 32.4 Å². The number of benzene rings is 1. The highest BCUT2D eigenvalue weighted by Crippen LogP contribution is 2.33. The molecule has 1 unspecified atom stereocenters. The highest BCUT2D eigenvalue weighted by Gasteiger charge is 2.18. The number of halogens is 1. The molecule has 0 bridgehead atoms. The molecule has 1 aromatic carbocycles. The van der Waals surface area contributed by atoms with Crippen molar-refractivity contribution in [1.82, 2.24) is 4.90 Å². The summed E-state index contributed by atoms with van der Waals surface area (Å²) in [6.45, 7) is 4.36. The van der Waals surface area contributed by atoms with Crippen LogP contribution in [-0.4, -0.2) is 36.3 Å². The minimum Gasteiger partial charge on any atom is -0.493 e. The fraction of sp³-hybridized carbons (Fsp3) is 0.571. The van der Waals surface area contributed by atoms with Crippen molar-refractivity contribution in [2.24, 2.45) is 0 Å². The smallest absolute Gasteiger partial charge is 0.127 e. The fourth-order valence-electron chi connectivity index (χ4n) is 2.24. The van der Waals surface area contributed by atoms with Gasteiger partial charge in [-0.1, -0.05) is 15.9 Å². The van der Waals surface area contributed by atoms with Crippen molar-refractivity contribution in [3.05, 3.63) is 27.7 Å². The lowest BCUT2D eigenvalue weighted by atomic mass is 10.1. The van der Waals surface area contributed by atoms with Crippen LogP contribution < -0.4 is 4.74 Å². The lowest BCUT2D eigenvalue weighted by Gasteiger charge is -2.19. The van der Waals surface area contributed by atoms with Crippen LogP contribution in [0.2, 0.25) is 0 Å². The predicted octanol–water partition coefficient (Wildman–Crippen LogP) is 2.59. The number of fused-ring (bicyclic) bond motifs is 1. The average Bonchev–Trinajstić information content (AvgIpc) is 2.74. The lowest BCUT2D eigenvalue weighted by molar-refractivity contribution is 0.162. The summed E-state index contributed by atoms with van der Waals surface area (Å²) in [6, 6.07) is 4.27. The maximum atomic E-state index is 9.31. The van der Waals surface area contributed by atoms with Gasteiger partial charge in [0.1, 0.15) is 5.75 Å². The molecule has 0 fully saturated rings. The first-order chi connectivity index (χ1) is 8.56. The molecule has 4 heteroatoms.